The van der Waals surface area contributed by atoms with Gasteiger partial charge in [-0.15, -0.1) is 12.4 Å². The van der Waals surface area contributed by atoms with Gasteiger partial charge in [-0.1, -0.05) is 31.2 Å². The number of benzene rings is 1. The number of aryl methyl sites for hydroxylation is 2. The highest BCUT2D eigenvalue weighted by molar-refractivity contribution is 5.94. The van der Waals surface area contributed by atoms with Crippen LogP contribution in [0, 0.1) is 18.8 Å². The second-order valence-electron chi connectivity index (χ2n) is 7.08. The maximum atomic E-state index is 13.2. The molecule has 3 heterocycles. The van der Waals surface area contributed by atoms with Crippen LogP contribution in [0.15, 0.2) is 36.7 Å². The number of carbonyl (C=O) groups is 1. The Hall–Kier alpha value is -1.98. The SMILES string of the molecule is CCc1ncc(C(=O)N2C[C@@H]3CNC[C@@H]3[C@H]2c2ccccc2C)cn1.Cl. The Labute approximate surface area is 160 Å². The van der Waals surface area contributed by atoms with Crippen LogP contribution in [0.3, 0.4) is 0 Å². The number of hydrogen-bond acceptors (Lipinski definition) is 4. The minimum Gasteiger partial charge on any atom is -0.331 e. The lowest BCUT2D eigenvalue weighted by atomic mass is 9.87. The first kappa shape index (κ1) is 18.8. The number of likely N-dealkylation sites (tertiary alicyclic amines) is 1. The molecule has 0 radical (unpaired) electrons. The van der Waals surface area contributed by atoms with Crippen molar-refractivity contribution in [1.29, 1.82) is 0 Å². The molecule has 0 aliphatic carbocycles. The van der Waals surface area contributed by atoms with Gasteiger partial charge in [0.15, 0.2) is 0 Å². The third-order valence-corrected chi connectivity index (χ3v) is 5.60. The van der Waals surface area contributed by atoms with E-state index in [1.165, 1.54) is 11.1 Å². The van der Waals surface area contributed by atoms with E-state index >= 15 is 0 Å². The number of carbonyl (C=O) groups excluding carboxylic acids is 1. The van der Waals surface area contributed by atoms with Crippen LogP contribution in [-0.4, -0.2) is 40.4 Å². The highest BCUT2D eigenvalue weighted by Crippen LogP contribution is 2.44. The van der Waals surface area contributed by atoms with Crippen molar-refractivity contribution in [2.24, 2.45) is 11.8 Å². The summed E-state index contributed by atoms with van der Waals surface area (Å²) in [5, 5.41) is 3.50. The van der Waals surface area contributed by atoms with Crippen molar-refractivity contribution in [1.82, 2.24) is 20.2 Å². The number of amides is 1. The van der Waals surface area contributed by atoms with Crippen LogP contribution in [0.2, 0.25) is 0 Å². The fourth-order valence-electron chi connectivity index (χ4n) is 4.26. The predicted molar refractivity (Wildman–Crippen MR) is 103 cm³/mol. The van der Waals surface area contributed by atoms with Crippen molar-refractivity contribution in [3.05, 3.63) is 59.2 Å². The van der Waals surface area contributed by atoms with Crippen LogP contribution in [0.4, 0.5) is 0 Å². The van der Waals surface area contributed by atoms with Crippen molar-refractivity contribution in [3.63, 3.8) is 0 Å². The molecule has 6 heteroatoms. The smallest absolute Gasteiger partial charge is 0.257 e. The topological polar surface area (TPSA) is 58.1 Å². The second kappa shape index (κ2) is 7.72. The molecule has 1 aromatic carbocycles. The highest BCUT2D eigenvalue weighted by atomic mass is 35.5. The molecule has 2 saturated heterocycles. The third kappa shape index (κ3) is 3.21. The van der Waals surface area contributed by atoms with E-state index in [2.05, 4.69) is 46.5 Å². The van der Waals surface area contributed by atoms with Gasteiger partial charge >= 0.3 is 0 Å². The Morgan fingerprint density at radius 3 is 2.65 bits per heavy atom. The molecule has 0 unspecified atom stereocenters. The largest absolute Gasteiger partial charge is 0.331 e. The molecular formula is C20H25ClN4O. The lowest BCUT2D eigenvalue weighted by molar-refractivity contribution is 0.0712. The van der Waals surface area contributed by atoms with Crippen LogP contribution in [0.1, 0.15) is 40.3 Å². The van der Waals surface area contributed by atoms with E-state index in [1.807, 2.05) is 11.8 Å². The Morgan fingerprint density at radius 2 is 1.96 bits per heavy atom. The van der Waals surface area contributed by atoms with Crippen molar-refractivity contribution < 1.29 is 4.79 Å². The lowest BCUT2D eigenvalue weighted by Gasteiger charge is -2.29. The van der Waals surface area contributed by atoms with E-state index in [9.17, 15) is 4.79 Å². The summed E-state index contributed by atoms with van der Waals surface area (Å²) in [6.45, 7) is 6.90. The first-order valence-electron chi connectivity index (χ1n) is 9.07. The van der Waals surface area contributed by atoms with Crippen molar-refractivity contribution in [2.45, 2.75) is 26.3 Å². The zero-order valence-electron chi connectivity index (χ0n) is 15.2. The van der Waals surface area contributed by atoms with Gasteiger partial charge in [0.1, 0.15) is 5.82 Å². The van der Waals surface area contributed by atoms with Gasteiger partial charge in [-0.3, -0.25) is 4.79 Å². The zero-order valence-corrected chi connectivity index (χ0v) is 16.0. The molecule has 5 nitrogen and oxygen atoms in total. The summed E-state index contributed by atoms with van der Waals surface area (Å²) in [5.74, 6) is 1.81. The number of rotatable bonds is 3. The first-order valence-corrected chi connectivity index (χ1v) is 9.07. The summed E-state index contributed by atoms with van der Waals surface area (Å²) in [4.78, 5) is 23.9. The van der Waals surface area contributed by atoms with Crippen LogP contribution < -0.4 is 5.32 Å². The summed E-state index contributed by atoms with van der Waals surface area (Å²) in [5.41, 5.74) is 3.09. The van der Waals surface area contributed by atoms with Gasteiger partial charge in [0.2, 0.25) is 0 Å². The van der Waals surface area contributed by atoms with Gasteiger partial charge in [-0.2, -0.15) is 0 Å². The Bertz CT molecular complexity index is 780. The molecule has 2 aliphatic heterocycles. The molecule has 2 fully saturated rings. The number of aromatic nitrogens is 2. The third-order valence-electron chi connectivity index (χ3n) is 5.60. The standard InChI is InChI=1S/C20H24N4O.ClH/c1-3-18-22-9-14(10-23-18)20(25)24-12-15-8-21-11-17(15)19(24)16-7-5-4-6-13(16)2;/h4-7,9-10,15,17,19,21H,3,8,11-12H2,1-2H3;1H/t15-,17-,19+;/m0./s1. The molecule has 0 spiro atoms. The molecular weight excluding hydrogens is 348 g/mol. The monoisotopic (exact) mass is 372 g/mol. The van der Waals surface area contributed by atoms with Crippen molar-refractivity contribution >= 4 is 18.3 Å². The maximum Gasteiger partial charge on any atom is 0.257 e. The molecule has 1 aromatic heterocycles. The van der Waals surface area contributed by atoms with E-state index in [-0.39, 0.29) is 24.4 Å². The average Bonchev–Trinajstić information content (AvgIpc) is 3.23. The molecule has 1 amide bonds. The number of halogens is 1. The normalized spacial score (nSPS) is 24.2. The number of nitrogens with one attached hydrogen (secondary N) is 1. The molecule has 2 aliphatic rings. The van der Waals surface area contributed by atoms with Crippen LogP contribution >= 0.6 is 12.4 Å². The van der Waals surface area contributed by atoms with E-state index in [4.69, 9.17) is 0 Å². The van der Waals surface area contributed by atoms with Crippen LogP contribution in [0.25, 0.3) is 0 Å². The van der Waals surface area contributed by atoms with Gasteiger partial charge < -0.3 is 10.2 Å². The Morgan fingerprint density at radius 1 is 1.23 bits per heavy atom. The summed E-state index contributed by atoms with van der Waals surface area (Å²) in [6, 6.07) is 8.55. The maximum absolute atomic E-state index is 13.2. The quantitative estimate of drug-likeness (QED) is 0.900. The highest BCUT2D eigenvalue weighted by Gasteiger charge is 2.47. The summed E-state index contributed by atoms with van der Waals surface area (Å²) in [6.07, 6.45) is 4.13. The van der Waals surface area contributed by atoms with Gasteiger partial charge in [-0.05, 0) is 24.0 Å². The zero-order chi connectivity index (χ0) is 17.4. The molecule has 26 heavy (non-hydrogen) atoms. The van der Waals surface area contributed by atoms with E-state index < -0.39 is 0 Å². The molecule has 138 valence electrons. The van der Waals surface area contributed by atoms with Crippen molar-refractivity contribution in [2.75, 3.05) is 19.6 Å². The van der Waals surface area contributed by atoms with E-state index in [1.54, 1.807) is 12.4 Å². The van der Waals surface area contributed by atoms with Crippen LogP contribution in [-0.2, 0) is 6.42 Å². The first-order chi connectivity index (χ1) is 12.2. The van der Waals surface area contributed by atoms with E-state index in [0.29, 0.717) is 17.4 Å². The van der Waals surface area contributed by atoms with Gasteiger partial charge in [0.05, 0.1) is 11.6 Å². The molecule has 1 N–H and O–H groups in total. The molecule has 4 rings (SSSR count). The van der Waals surface area contributed by atoms with Gasteiger partial charge in [0.25, 0.3) is 5.91 Å². The average molecular weight is 373 g/mol. The Kier molecular flexibility index (Phi) is 5.58. The lowest BCUT2D eigenvalue weighted by Crippen LogP contribution is -2.35. The number of nitrogens with zero attached hydrogens (tertiary/aromatic N) is 3. The molecule has 2 aromatic rings. The minimum absolute atomic E-state index is 0. The van der Waals surface area contributed by atoms with Gasteiger partial charge in [-0.25, -0.2) is 9.97 Å². The number of hydrogen-bond donors (Lipinski definition) is 1. The fourth-order valence-corrected chi connectivity index (χ4v) is 4.26. The summed E-state index contributed by atoms with van der Waals surface area (Å²) in [7, 11) is 0. The fraction of sp³-hybridized carbons (Fsp3) is 0.450. The van der Waals surface area contributed by atoms with Gasteiger partial charge in [0, 0.05) is 44.4 Å². The van der Waals surface area contributed by atoms with Crippen molar-refractivity contribution in [3.8, 4) is 0 Å². The molecule has 0 saturated carbocycles. The van der Waals surface area contributed by atoms with Crippen LogP contribution in [0.5, 0.6) is 0 Å². The Balaban J connectivity index is 0.00000196. The molecule has 0 bridgehead atoms. The molecule has 3 atom stereocenters. The van der Waals surface area contributed by atoms with E-state index in [0.717, 1.165) is 31.9 Å². The second-order valence-corrected chi connectivity index (χ2v) is 7.08. The number of fused-ring (bicyclic) bond motifs is 1. The minimum atomic E-state index is 0. The summed E-state index contributed by atoms with van der Waals surface area (Å²) < 4.78 is 0. The summed E-state index contributed by atoms with van der Waals surface area (Å²) >= 11 is 0. The predicted octanol–water partition coefficient (Wildman–Crippen LogP) is 2.80.